The number of carbonyl (C=O) groups is 1. The minimum atomic E-state index is -0.245. The number of nitrogens with zero attached hydrogens (tertiary/aromatic N) is 2. The number of hydrogen-bond acceptors (Lipinski definition) is 3. The third-order valence-corrected chi connectivity index (χ3v) is 4.06. The predicted octanol–water partition coefficient (Wildman–Crippen LogP) is 0.948. The van der Waals surface area contributed by atoms with Crippen LogP contribution in [0.2, 0.25) is 0 Å². The molecule has 2 fully saturated rings. The second-order valence-corrected chi connectivity index (χ2v) is 6.28. The smallest absolute Gasteiger partial charge is 0.236 e. The fourth-order valence-corrected chi connectivity index (χ4v) is 3.33. The first-order chi connectivity index (χ1) is 8.54. The van der Waals surface area contributed by atoms with E-state index in [0.29, 0.717) is 24.9 Å². The molecular weight excluding hydrogens is 228 g/mol. The van der Waals surface area contributed by atoms with Gasteiger partial charge in [0, 0.05) is 19.6 Å². The van der Waals surface area contributed by atoms with Gasteiger partial charge in [0.05, 0.1) is 12.6 Å². The number of piperidine rings is 2. The van der Waals surface area contributed by atoms with Crippen molar-refractivity contribution in [3.05, 3.63) is 0 Å². The van der Waals surface area contributed by atoms with E-state index >= 15 is 0 Å². The Labute approximate surface area is 110 Å². The highest BCUT2D eigenvalue weighted by molar-refractivity contribution is 5.78. The Morgan fingerprint density at radius 2 is 1.89 bits per heavy atom. The van der Waals surface area contributed by atoms with Crippen LogP contribution in [0.15, 0.2) is 0 Å². The number of β-amino-alcohol motifs (C(OH)–C–C–N with tert-alkyl or cyclic N) is 1. The molecule has 2 saturated heterocycles. The topological polar surface area (TPSA) is 43.8 Å². The van der Waals surface area contributed by atoms with Gasteiger partial charge < -0.3 is 10.0 Å². The van der Waals surface area contributed by atoms with Gasteiger partial charge in [-0.1, -0.05) is 13.8 Å². The molecule has 3 atom stereocenters. The van der Waals surface area contributed by atoms with Crippen LogP contribution in [0, 0.1) is 11.8 Å². The zero-order valence-corrected chi connectivity index (χ0v) is 11.6. The Morgan fingerprint density at radius 1 is 1.22 bits per heavy atom. The van der Waals surface area contributed by atoms with Crippen molar-refractivity contribution < 1.29 is 9.90 Å². The van der Waals surface area contributed by atoms with Crippen molar-refractivity contribution in [1.29, 1.82) is 0 Å². The van der Waals surface area contributed by atoms with Crippen LogP contribution >= 0.6 is 0 Å². The number of rotatable bonds is 2. The molecule has 0 aliphatic carbocycles. The zero-order valence-electron chi connectivity index (χ0n) is 11.6. The van der Waals surface area contributed by atoms with E-state index in [2.05, 4.69) is 18.7 Å². The maximum atomic E-state index is 12.3. The molecule has 0 aromatic heterocycles. The number of carbonyl (C=O) groups excluding carboxylic acids is 1. The van der Waals surface area contributed by atoms with E-state index in [0.717, 1.165) is 32.5 Å². The zero-order chi connectivity index (χ0) is 13.1. The average molecular weight is 254 g/mol. The summed E-state index contributed by atoms with van der Waals surface area (Å²) in [7, 11) is 0. The molecule has 2 rings (SSSR count). The Balaban J connectivity index is 1.83. The molecule has 1 amide bonds. The van der Waals surface area contributed by atoms with Crippen LogP contribution in [-0.4, -0.2) is 59.6 Å². The van der Waals surface area contributed by atoms with Crippen molar-refractivity contribution in [3.63, 3.8) is 0 Å². The highest BCUT2D eigenvalue weighted by Crippen LogP contribution is 2.21. The molecule has 0 aromatic carbocycles. The molecule has 0 radical (unpaired) electrons. The summed E-state index contributed by atoms with van der Waals surface area (Å²) < 4.78 is 0. The first-order valence-corrected chi connectivity index (χ1v) is 7.22. The molecule has 2 aliphatic heterocycles. The molecule has 0 aromatic rings. The summed E-state index contributed by atoms with van der Waals surface area (Å²) in [4.78, 5) is 16.4. The summed E-state index contributed by atoms with van der Waals surface area (Å²) in [6, 6.07) is 0. The lowest BCUT2D eigenvalue weighted by atomic mass is 9.92. The molecule has 0 saturated carbocycles. The summed E-state index contributed by atoms with van der Waals surface area (Å²) in [6.45, 7) is 8.34. The summed E-state index contributed by atoms with van der Waals surface area (Å²) in [6.07, 6.45) is 2.86. The normalized spacial score (nSPS) is 34.6. The van der Waals surface area contributed by atoms with Crippen molar-refractivity contribution in [2.45, 2.75) is 39.2 Å². The van der Waals surface area contributed by atoms with E-state index in [1.807, 2.05) is 4.90 Å². The average Bonchev–Trinajstić information content (AvgIpc) is 2.27. The monoisotopic (exact) mass is 254 g/mol. The van der Waals surface area contributed by atoms with Crippen molar-refractivity contribution in [1.82, 2.24) is 9.80 Å². The number of hydrogen-bond donors (Lipinski definition) is 1. The summed E-state index contributed by atoms with van der Waals surface area (Å²) in [5, 5.41) is 9.62. The van der Waals surface area contributed by atoms with Crippen molar-refractivity contribution in [2.75, 3.05) is 32.7 Å². The van der Waals surface area contributed by atoms with Gasteiger partial charge in [-0.3, -0.25) is 9.69 Å². The standard InChI is InChI=1S/C14H26N2O2/c1-11-6-12(2)8-16(7-11)14(18)10-15-5-3-4-13(17)9-15/h11-13,17H,3-10H2,1-2H3. The molecular formula is C14H26N2O2. The Kier molecular flexibility index (Phi) is 4.62. The Bertz CT molecular complexity index is 286. The highest BCUT2D eigenvalue weighted by atomic mass is 16.3. The van der Waals surface area contributed by atoms with Gasteiger partial charge in [-0.25, -0.2) is 0 Å². The van der Waals surface area contributed by atoms with Crippen LogP contribution in [0.4, 0.5) is 0 Å². The van der Waals surface area contributed by atoms with Gasteiger partial charge in [0.15, 0.2) is 0 Å². The van der Waals surface area contributed by atoms with Crippen molar-refractivity contribution in [3.8, 4) is 0 Å². The van der Waals surface area contributed by atoms with Gasteiger partial charge in [-0.05, 0) is 37.6 Å². The number of amides is 1. The number of likely N-dealkylation sites (tertiary alicyclic amines) is 2. The van der Waals surface area contributed by atoms with Crippen LogP contribution in [0.25, 0.3) is 0 Å². The van der Waals surface area contributed by atoms with Crippen LogP contribution in [0.5, 0.6) is 0 Å². The molecule has 0 spiro atoms. The fourth-order valence-electron chi connectivity index (χ4n) is 3.33. The molecule has 2 aliphatic rings. The molecule has 2 heterocycles. The number of aliphatic hydroxyl groups excluding tert-OH is 1. The fraction of sp³-hybridized carbons (Fsp3) is 0.929. The molecule has 3 unspecified atom stereocenters. The van der Waals surface area contributed by atoms with Gasteiger partial charge in [0.2, 0.25) is 5.91 Å². The van der Waals surface area contributed by atoms with Crippen molar-refractivity contribution in [2.24, 2.45) is 11.8 Å². The van der Waals surface area contributed by atoms with Crippen LogP contribution in [0.1, 0.15) is 33.1 Å². The quantitative estimate of drug-likeness (QED) is 0.798. The lowest BCUT2D eigenvalue weighted by molar-refractivity contribution is -0.135. The Hall–Kier alpha value is -0.610. The SMILES string of the molecule is CC1CC(C)CN(C(=O)CN2CCCC(O)C2)C1. The second-order valence-electron chi connectivity index (χ2n) is 6.28. The maximum absolute atomic E-state index is 12.3. The summed E-state index contributed by atoms with van der Waals surface area (Å²) >= 11 is 0. The molecule has 18 heavy (non-hydrogen) atoms. The minimum absolute atomic E-state index is 0.238. The van der Waals surface area contributed by atoms with E-state index in [1.165, 1.54) is 6.42 Å². The number of aliphatic hydroxyl groups is 1. The van der Waals surface area contributed by atoms with Gasteiger partial charge in [-0.15, -0.1) is 0 Å². The highest BCUT2D eigenvalue weighted by Gasteiger charge is 2.27. The largest absolute Gasteiger partial charge is 0.392 e. The molecule has 0 bridgehead atoms. The summed E-state index contributed by atoms with van der Waals surface area (Å²) in [5.74, 6) is 1.47. The lowest BCUT2D eigenvalue weighted by Gasteiger charge is -2.37. The molecule has 1 N–H and O–H groups in total. The molecule has 4 nitrogen and oxygen atoms in total. The predicted molar refractivity (Wildman–Crippen MR) is 71.2 cm³/mol. The minimum Gasteiger partial charge on any atom is -0.392 e. The Morgan fingerprint density at radius 3 is 2.50 bits per heavy atom. The second kappa shape index (κ2) is 6.02. The first-order valence-electron chi connectivity index (χ1n) is 7.22. The van der Waals surface area contributed by atoms with Crippen LogP contribution in [-0.2, 0) is 4.79 Å². The maximum Gasteiger partial charge on any atom is 0.236 e. The van der Waals surface area contributed by atoms with Crippen LogP contribution < -0.4 is 0 Å². The molecule has 104 valence electrons. The summed E-state index contributed by atoms with van der Waals surface area (Å²) in [5.41, 5.74) is 0. The van der Waals surface area contributed by atoms with E-state index in [-0.39, 0.29) is 12.0 Å². The van der Waals surface area contributed by atoms with Gasteiger partial charge in [-0.2, -0.15) is 0 Å². The third-order valence-electron chi connectivity index (χ3n) is 4.06. The van der Waals surface area contributed by atoms with E-state index < -0.39 is 0 Å². The molecule has 4 heteroatoms. The van der Waals surface area contributed by atoms with Crippen LogP contribution in [0.3, 0.4) is 0 Å². The van der Waals surface area contributed by atoms with Gasteiger partial charge in [0.25, 0.3) is 0 Å². The van der Waals surface area contributed by atoms with E-state index in [9.17, 15) is 9.90 Å². The van der Waals surface area contributed by atoms with E-state index in [4.69, 9.17) is 0 Å². The first kappa shape index (κ1) is 13.8. The lowest BCUT2D eigenvalue weighted by Crippen LogP contribution is -2.49. The van der Waals surface area contributed by atoms with Crippen molar-refractivity contribution >= 4 is 5.91 Å². The van der Waals surface area contributed by atoms with E-state index in [1.54, 1.807) is 0 Å². The van der Waals surface area contributed by atoms with Gasteiger partial charge in [0.1, 0.15) is 0 Å². The third kappa shape index (κ3) is 3.69. The van der Waals surface area contributed by atoms with Gasteiger partial charge >= 0.3 is 0 Å².